The number of aromatic nitrogens is 2. The van der Waals surface area contributed by atoms with E-state index in [1.165, 1.54) is 11.1 Å². The van der Waals surface area contributed by atoms with Crippen LogP contribution in [0.15, 0.2) is 42.5 Å². The molecule has 7 heteroatoms. The Morgan fingerprint density at radius 2 is 1.91 bits per heavy atom. The van der Waals surface area contributed by atoms with E-state index in [4.69, 9.17) is 0 Å². The number of nitrogens with zero attached hydrogens (tertiary/aromatic N) is 4. The van der Waals surface area contributed by atoms with E-state index in [0.717, 1.165) is 51.1 Å². The minimum atomic E-state index is -0.220. The van der Waals surface area contributed by atoms with Crippen molar-refractivity contribution in [3.8, 4) is 0 Å². The topological polar surface area (TPSA) is 78.4 Å². The molecule has 1 N–H and O–H groups in total. The Hall–Kier alpha value is -3.22. The van der Waals surface area contributed by atoms with Gasteiger partial charge < -0.3 is 15.1 Å². The third-order valence-electron chi connectivity index (χ3n) is 7.00. The van der Waals surface area contributed by atoms with Crippen LogP contribution in [0.2, 0.25) is 0 Å². The Morgan fingerprint density at radius 1 is 1.06 bits per heavy atom. The SMILES string of the molecule is O=C(NCCCN1CCCC1=O)c1ccc(N2CCC3(C=Cc4ccccc43)CC2)nn1. The van der Waals surface area contributed by atoms with Crippen molar-refractivity contribution in [3.63, 3.8) is 0 Å². The molecule has 3 aliphatic rings. The first-order valence-corrected chi connectivity index (χ1v) is 11.6. The van der Waals surface area contributed by atoms with Crippen LogP contribution in [0.4, 0.5) is 5.82 Å². The molecule has 0 atom stereocenters. The second-order valence-electron chi connectivity index (χ2n) is 8.93. The van der Waals surface area contributed by atoms with E-state index in [2.05, 4.69) is 56.8 Å². The lowest BCUT2D eigenvalue weighted by Crippen LogP contribution is -2.41. The minimum Gasteiger partial charge on any atom is -0.355 e. The number of anilines is 1. The molecular formula is C25H29N5O2. The predicted molar refractivity (Wildman–Crippen MR) is 123 cm³/mol. The molecule has 2 amide bonds. The highest BCUT2D eigenvalue weighted by molar-refractivity contribution is 5.92. The molecule has 2 saturated heterocycles. The summed E-state index contributed by atoms with van der Waals surface area (Å²) in [4.78, 5) is 28.1. The van der Waals surface area contributed by atoms with E-state index >= 15 is 0 Å². The van der Waals surface area contributed by atoms with E-state index in [0.29, 0.717) is 25.2 Å². The Kier molecular flexibility index (Phi) is 5.64. The molecule has 1 aromatic heterocycles. The van der Waals surface area contributed by atoms with E-state index in [-0.39, 0.29) is 17.2 Å². The lowest BCUT2D eigenvalue weighted by Gasteiger charge is -2.39. The van der Waals surface area contributed by atoms with Gasteiger partial charge in [-0.2, -0.15) is 0 Å². The zero-order valence-electron chi connectivity index (χ0n) is 18.3. The molecule has 166 valence electrons. The maximum atomic E-state index is 12.4. The predicted octanol–water partition coefficient (Wildman–Crippen LogP) is 2.78. The number of nitrogens with one attached hydrogen (secondary N) is 1. The Bertz CT molecular complexity index is 1020. The fourth-order valence-corrected chi connectivity index (χ4v) is 5.12. The van der Waals surface area contributed by atoms with E-state index in [1.54, 1.807) is 6.07 Å². The van der Waals surface area contributed by atoms with Gasteiger partial charge in [0.25, 0.3) is 5.91 Å². The first-order valence-electron chi connectivity index (χ1n) is 11.6. The van der Waals surface area contributed by atoms with Crippen molar-refractivity contribution in [2.45, 2.75) is 37.5 Å². The number of likely N-dealkylation sites (tertiary alicyclic amines) is 1. The summed E-state index contributed by atoms with van der Waals surface area (Å²) in [7, 11) is 0. The van der Waals surface area contributed by atoms with E-state index in [9.17, 15) is 9.59 Å². The Balaban J connectivity index is 1.12. The molecule has 1 aliphatic carbocycles. The zero-order chi connectivity index (χ0) is 22.0. The molecule has 1 spiro atoms. The lowest BCUT2D eigenvalue weighted by molar-refractivity contribution is -0.127. The molecule has 2 aromatic rings. The lowest BCUT2D eigenvalue weighted by atomic mass is 9.74. The van der Waals surface area contributed by atoms with Crippen LogP contribution < -0.4 is 10.2 Å². The summed E-state index contributed by atoms with van der Waals surface area (Å²) in [6.07, 6.45) is 9.05. The van der Waals surface area contributed by atoms with Crippen molar-refractivity contribution in [2.75, 3.05) is 37.6 Å². The first-order chi connectivity index (χ1) is 15.6. The van der Waals surface area contributed by atoms with Crippen molar-refractivity contribution in [1.29, 1.82) is 0 Å². The summed E-state index contributed by atoms with van der Waals surface area (Å²) in [5.41, 5.74) is 3.24. The molecule has 32 heavy (non-hydrogen) atoms. The van der Waals surface area contributed by atoms with E-state index < -0.39 is 0 Å². The maximum Gasteiger partial charge on any atom is 0.271 e. The molecule has 0 radical (unpaired) electrons. The number of amides is 2. The fraction of sp³-hybridized carbons (Fsp3) is 0.440. The van der Waals surface area contributed by atoms with E-state index in [1.807, 2.05) is 11.0 Å². The number of rotatable bonds is 6. The number of carbonyl (C=O) groups excluding carboxylic acids is 2. The monoisotopic (exact) mass is 431 g/mol. The third kappa shape index (κ3) is 3.99. The first kappa shape index (κ1) is 20.7. The summed E-state index contributed by atoms with van der Waals surface area (Å²) in [5, 5.41) is 11.4. The summed E-state index contributed by atoms with van der Waals surface area (Å²) in [6, 6.07) is 12.3. The highest BCUT2D eigenvalue weighted by atomic mass is 16.2. The molecule has 3 heterocycles. The van der Waals surface area contributed by atoms with Crippen LogP contribution >= 0.6 is 0 Å². The highest BCUT2D eigenvalue weighted by Gasteiger charge is 2.38. The van der Waals surface area contributed by atoms with Crippen molar-refractivity contribution in [1.82, 2.24) is 20.4 Å². The number of benzene rings is 1. The molecular weight excluding hydrogens is 402 g/mol. The van der Waals surface area contributed by atoms with Crippen LogP contribution in [-0.4, -0.2) is 59.6 Å². The van der Waals surface area contributed by atoms with Gasteiger partial charge in [0.1, 0.15) is 0 Å². The summed E-state index contributed by atoms with van der Waals surface area (Å²) in [6.45, 7) is 3.87. The zero-order valence-corrected chi connectivity index (χ0v) is 18.3. The van der Waals surface area contributed by atoms with Crippen molar-refractivity contribution in [3.05, 3.63) is 59.3 Å². The number of fused-ring (bicyclic) bond motifs is 2. The van der Waals surface area contributed by atoms with Gasteiger partial charge in [-0.15, -0.1) is 10.2 Å². The summed E-state index contributed by atoms with van der Waals surface area (Å²) in [5.74, 6) is 0.816. The van der Waals surface area contributed by atoms with Gasteiger partial charge >= 0.3 is 0 Å². The molecule has 2 aliphatic heterocycles. The van der Waals surface area contributed by atoms with Gasteiger partial charge in [-0.3, -0.25) is 9.59 Å². The smallest absolute Gasteiger partial charge is 0.271 e. The van der Waals surface area contributed by atoms with Crippen molar-refractivity contribution < 1.29 is 9.59 Å². The molecule has 1 aromatic carbocycles. The number of carbonyl (C=O) groups is 2. The van der Waals surface area contributed by atoms with Gasteiger partial charge in [0, 0.05) is 44.6 Å². The van der Waals surface area contributed by atoms with Gasteiger partial charge in [-0.05, 0) is 48.9 Å². The normalized spacial score (nSPS) is 18.9. The van der Waals surface area contributed by atoms with Crippen LogP contribution in [-0.2, 0) is 10.2 Å². The summed E-state index contributed by atoms with van der Waals surface area (Å²) >= 11 is 0. The Labute approximate surface area is 188 Å². The van der Waals surface area contributed by atoms with Crippen LogP contribution in [0.25, 0.3) is 6.08 Å². The van der Waals surface area contributed by atoms with Crippen LogP contribution in [0.5, 0.6) is 0 Å². The molecule has 0 saturated carbocycles. The second kappa shape index (κ2) is 8.73. The Morgan fingerprint density at radius 3 is 2.66 bits per heavy atom. The average molecular weight is 432 g/mol. The molecule has 2 fully saturated rings. The quantitative estimate of drug-likeness (QED) is 0.712. The summed E-state index contributed by atoms with van der Waals surface area (Å²) < 4.78 is 0. The number of hydrogen-bond donors (Lipinski definition) is 1. The largest absolute Gasteiger partial charge is 0.355 e. The molecule has 0 unspecified atom stereocenters. The van der Waals surface area contributed by atoms with Gasteiger partial charge in [0.15, 0.2) is 11.5 Å². The van der Waals surface area contributed by atoms with Gasteiger partial charge in [-0.25, -0.2) is 0 Å². The van der Waals surface area contributed by atoms with Crippen LogP contribution in [0, 0.1) is 0 Å². The second-order valence-corrected chi connectivity index (χ2v) is 8.93. The molecule has 7 nitrogen and oxygen atoms in total. The number of allylic oxidation sites excluding steroid dienone is 1. The highest BCUT2D eigenvalue weighted by Crippen LogP contribution is 2.44. The van der Waals surface area contributed by atoms with Crippen LogP contribution in [0.3, 0.4) is 0 Å². The standard InChI is InChI=1S/C25H29N5O2/c31-23-7-3-15-30(23)16-4-14-26-24(32)21-8-9-22(28-27-21)29-17-12-25(13-18-29)11-10-19-5-1-2-6-20(19)25/h1-2,5-6,8-11H,3-4,7,12-18H2,(H,26,32). The minimum absolute atomic E-state index is 0.139. The van der Waals surface area contributed by atoms with Gasteiger partial charge in [0.2, 0.25) is 5.91 Å². The molecule has 5 rings (SSSR count). The fourth-order valence-electron chi connectivity index (χ4n) is 5.12. The number of hydrogen-bond acceptors (Lipinski definition) is 5. The molecule has 0 bridgehead atoms. The number of piperidine rings is 1. The van der Waals surface area contributed by atoms with Crippen LogP contribution in [0.1, 0.15) is 53.7 Å². The van der Waals surface area contributed by atoms with Gasteiger partial charge in [0.05, 0.1) is 0 Å². The average Bonchev–Trinajstić information content (AvgIpc) is 3.41. The third-order valence-corrected chi connectivity index (χ3v) is 7.00. The van der Waals surface area contributed by atoms with Gasteiger partial charge in [-0.1, -0.05) is 36.4 Å². The van der Waals surface area contributed by atoms with Crippen molar-refractivity contribution >= 4 is 23.7 Å². The van der Waals surface area contributed by atoms with Crippen molar-refractivity contribution in [2.24, 2.45) is 0 Å². The maximum absolute atomic E-state index is 12.4.